The molecule has 0 fully saturated rings. The van der Waals surface area contributed by atoms with Crippen molar-refractivity contribution in [2.45, 2.75) is 19.0 Å². The molecule has 0 aliphatic heterocycles. The van der Waals surface area contributed by atoms with E-state index in [-0.39, 0.29) is 6.42 Å². The molecule has 20 heavy (non-hydrogen) atoms. The number of aryl methyl sites for hydroxylation is 1. The lowest BCUT2D eigenvalue weighted by Gasteiger charge is -2.25. The van der Waals surface area contributed by atoms with Gasteiger partial charge in [-0.15, -0.1) is 0 Å². The van der Waals surface area contributed by atoms with Crippen LogP contribution in [0.4, 0.5) is 13.2 Å². The fourth-order valence-electron chi connectivity index (χ4n) is 2.75. The maximum Gasteiger partial charge on any atom is 0.413 e. The second-order valence-electron chi connectivity index (χ2n) is 4.87. The topological polar surface area (TPSA) is 0 Å². The van der Waals surface area contributed by atoms with Crippen molar-refractivity contribution in [3.8, 4) is 0 Å². The van der Waals surface area contributed by atoms with Crippen molar-refractivity contribution in [3.05, 3.63) is 76.9 Å². The highest BCUT2D eigenvalue weighted by molar-refractivity contribution is 5.85. The van der Waals surface area contributed by atoms with E-state index in [4.69, 9.17) is 0 Å². The molecule has 1 aliphatic rings. The summed E-state index contributed by atoms with van der Waals surface area (Å²) in [4.78, 5) is 0. The Hall–Kier alpha value is -2.03. The average molecular weight is 274 g/mol. The van der Waals surface area contributed by atoms with Gasteiger partial charge in [-0.3, -0.25) is 0 Å². The Balaban J connectivity index is 2.28. The molecule has 0 aromatic heterocycles. The minimum absolute atomic E-state index is 0.0464. The predicted octanol–water partition coefficient (Wildman–Crippen LogP) is 5.00. The van der Waals surface area contributed by atoms with Gasteiger partial charge in [0, 0.05) is 5.57 Å². The molecule has 0 bridgehead atoms. The molecule has 0 radical (unpaired) electrons. The summed E-state index contributed by atoms with van der Waals surface area (Å²) >= 11 is 0. The molecule has 0 nitrogen and oxygen atoms in total. The largest absolute Gasteiger partial charge is 0.413 e. The lowest BCUT2D eigenvalue weighted by Crippen LogP contribution is -2.19. The van der Waals surface area contributed by atoms with Crippen LogP contribution in [0.3, 0.4) is 0 Å². The molecule has 0 unspecified atom stereocenters. The van der Waals surface area contributed by atoms with Gasteiger partial charge in [0.1, 0.15) is 0 Å². The summed E-state index contributed by atoms with van der Waals surface area (Å²) in [5.41, 5.74) is 2.24. The van der Waals surface area contributed by atoms with Crippen molar-refractivity contribution in [1.29, 1.82) is 0 Å². The predicted molar refractivity (Wildman–Crippen MR) is 73.3 cm³/mol. The second-order valence-corrected chi connectivity index (χ2v) is 4.87. The van der Waals surface area contributed by atoms with Gasteiger partial charge in [0.2, 0.25) is 0 Å². The molecule has 0 saturated heterocycles. The smallest absolute Gasteiger partial charge is 0.166 e. The van der Waals surface area contributed by atoms with Crippen molar-refractivity contribution in [2.75, 3.05) is 0 Å². The number of alkyl halides is 3. The van der Waals surface area contributed by atoms with Crippen molar-refractivity contribution in [2.24, 2.45) is 0 Å². The Morgan fingerprint density at radius 3 is 2.10 bits per heavy atom. The highest BCUT2D eigenvalue weighted by Crippen LogP contribution is 2.42. The number of hydrogen-bond donors (Lipinski definition) is 0. The molecule has 1 aliphatic carbocycles. The summed E-state index contributed by atoms with van der Waals surface area (Å²) in [6, 6.07) is 16.2. The summed E-state index contributed by atoms with van der Waals surface area (Å²) < 4.78 is 39.9. The van der Waals surface area contributed by atoms with Gasteiger partial charge in [-0.1, -0.05) is 54.6 Å². The van der Waals surface area contributed by atoms with Crippen LogP contribution in [0.2, 0.25) is 0 Å². The van der Waals surface area contributed by atoms with Crippen LogP contribution in [-0.4, -0.2) is 6.18 Å². The maximum atomic E-state index is 13.3. The first kappa shape index (κ1) is 13.0. The number of halogens is 3. The lowest BCUT2D eigenvalue weighted by atomic mass is 9.82. The Morgan fingerprint density at radius 2 is 1.40 bits per heavy atom. The molecule has 2 aromatic rings. The Labute approximate surface area is 115 Å². The van der Waals surface area contributed by atoms with Gasteiger partial charge in [0.05, 0.1) is 0 Å². The molecule has 0 amide bonds. The van der Waals surface area contributed by atoms with E-state index in [2.05, 4.69) is 0 Å². The van der Waals surface area contributed by atoms with Crippen LogP contribution in [0.15, 0.2) is 60.2 Å². The normalized spacial score (nSPS) is 15.2. The van der Waals surface area contributed by atoms with E-state index in [1.165, 1.54) is 0 Å². The third-order valence-corrected chi connectivity index (χ3v) is 3.64. The van der Waals surface area contributed by atoms with Crippen LogP contribution >= 0.6 is 0 Å². The quantitative estimate of drug-likeness (QED) is 0.686. The second kappa shape index (κ2) is 4.82. The van der Waals surface area contributed by atoms with Crippen molar-refractivity contribution in [3.63, 3.8) is 0 Å². The Bertz CT molecular complexity index is 651. The zero-order chi connectivity index (χ0) is 14.2. The zero-order valence-corrected chi connectivity index (χ0v) is 10.7. The van der Waals surface area contributed by atoms with E-state index in [1.54, 1.807) is 36.4 Å². The van der Waals surface area contributed by atoms with Crippen LogP contribution in [0.1, 0.15) is 23.1 Å². The van der Waals surface area contributed by atoms with Crippen LogP contribution < -0.4 is 0 Å². The summed E-state index contributed by atoms with van der Waals surface area (Å²) in [6.07, 6.45) is -3.79. The SMILES string of the molecule is FC(F)(F)C1=C(c2ccccc2)c2ccccc2CC1. The summed E-state index contributed by atoms with van der Waals surface area (Å²) in [6.45, 7) is 0. The van der Waals surface area contributed by atoms with E-state index in [9.17, 15) is 13.2 Å². The molecule has 0 saturated carbocycles. The van der Waals surface area contributed by atoms with E-state index in [0.29, 0.717) is 23.1 Å². The monoisotopic (exact) mass is 274 g/mol. The number of allylic oxidation sites excluding steroid dienone is 1. The summed E-state index contributed by atoms with van der Waals surface area (Å²) in [7, 11) is 0. The Morgan fingerprint density at radius 1 is 0.750 bits per heavy atom. The van der Waals surface area contributed by atoms with Crippen LogP contribution in [0.25, 0.3) is 5.57 Å². The minimum atomic E-state index is -4.28. The number of hydrogen-bond acceptors (Lipinski definition) is 0. The van der Waals surface area contributed by atoms with Gasteiger partial charge >= 0.3 is 6.18 Å². The van der Waals surface area contributed by atoms with Crippen molar-refractivity contribution < 1.29 is 13.2 Å². The van der Waals surface area contributed by atoms with E-state index >= 15 is 0 Å². The number of rotatable bonds is 1. The number of benzene rings is 2. The molecule has 3 heteroatoms. The summed E-state index contributed by atoms with van der Waals surface area (Å²) in [5, 5.41) is 0. The molecule has 2 aromatic carbocycles. The minimum Gasteiger partial charge on any atom is -0.166 e. The van der Waals surface area contributed by atoms with Crippen LogP contribution in [-0.2, 0) is 6.42 Å². The van der Waals surface area contributed by atoms with E-state index in [0.717, 1.165) is 5.56 Å². The molecular weight excluding hydrogens is 261 g/mol. The van der Waals surface area contributed by atoms with Crippen molar-refractivity contribution >= 4 is 5.57 Å². The fraction of sp³-hybridized carbons (Fsp3) is 0.176. The molecule has 3 rings (SSSR count). The van der Waals surface area contributed by atoms with Gasteiger partial charge in [-0.05, 0) is 35.1 Å². The molecule has 0 spiro atoms. The third kappa shape index (κ3) is 2.24. The average Bonchev–Trinajstić information content (AvgIpc) is 2.46. The highest BCUT2D eigenvalue weighted by atomic mass is 19.4. The third-order valence-electron chi connectivity index (χ3n) is 3.64. The molecule has 0 N–H and O–H groups in total. The van der Waals surface area contributed by atoms with E-state index < -0.39 is 11.7 Å². The first-order valence-corrected chi connectivity index (χ1v) is 6.51. The standard InChI is InChI=1S/C17H13F3/c18-17(19,20)15-11-10-12-6-4-5-9-14(12)16(15)13-7-2-1-3-8-13/h1-9H,10-11H2. The lowest BCUT2D eigenvalue weighted by molar-refractivity contribution is -0.0934. The number of fused-ring (bicyclic) bond motifs is 1. The molecule has 0 atom stereocenters. The first-order chi connectivity index (χ1) is 9.57. The van der Waals surface area contributed by atoms with Crippen LogP contribution in [0.5, 0.6) is 0 Å². The van der Waals surface area contributed by atoms with Gasteiger partial charge < -0.3 is 0 Å². The van der Waals surface area contributed by atoms with Gasteiger partial charge in [-0.2, -0.15) is 13.2 Å². The molecular formula is C17H13F3. The Kier molecular flexibility index (Phi) is 3.13. The zero-order valence-electron chi connectivity index (χ0n) is 10.7. The molecule has 102 valence electrons. The van der Waals surface area contributed by atoms with Crippen LogP contribution in [0, 0.1) is 0 Å². The van der Waals surface area contributed by atoms with Gasteiger partial charge in [-0.25, -0.2) is 0 Å². The van der Waals surface area contributed by atoms with E-state index in [1.807, 2.05) is 18.2 Å². The van der Waals surface area contributed by atoms with Gasteiger partial charge in [0.15, 0.2) is 0 Å². The molecule has 0 heterocycles. The maximum absolute atomic E-state index is 13.3. The first-order valence-electron chi connectivity index (χ1n) is 6.51. The fourth-order valence-corrected chi connectivity index (χ4v) is 2.75. The van der Waals surface area contributed by atoms with Crippen molar-refractivity contribution in [1.82, 2.24) is 0 Å². The highest BCUT2D eigenvalue weighted by Gasteiger charge is 2.38. The van der Waals surface area contributed by atoms with Gasteiger partial charge in [0.25, 0.3) is 0 Å². The summed E-state index contributed by atoms with van der Waals surface area (Å²) in [5.74, 6) is 0.